The molecule has 4 nitrogen and oxygen atoms in total. The Kier molecular flexibility index (Phi) is 3.83. The molecule has 0 saturated carbocycles. The van der Waals surface area contributed by atoms with Crippen molar-refractivity contribution >= 4 is 0 Å². The fraction of sp³-hybridized carbons (Fsp3) is 0.600. The van der Waals surface area contributed by atoms with E-state index in [0.717, 1.165) is 30.8 Å². The van der Waals surface area contributed by atoms with E-state index in [-0.39, 0.29) is 0 Å². The van der Waals surface area contributed by atoms with Crippen LogP contribution < -0.4 is 0 Å². The van der Waals surface area contributed by atoms with Gasteiger partial charge in [0.1, 0.15) is 0 Å². The van der Waals surface area contributed by atoms with Gasteiger partial charge in [-0.1, -0.05) is 17.4 Å². The van der Waals surface area contributed by atoms with Gasteiger partial charge in [0.15, 0.2) is 0 Å². The number of nitrogens with zero attached hydrogens (tertiary/aromatic N) is 4. The molecule has 0 spiro atoms. The smallest absolute Gasteiger partial charge is 0.0867 e. The lowest BCUT2D eigenvalue weighted by atomic mass is 10.2. The molecule has 0 saturated heterocycles. The van der Waals surface area contributed by atoms with Gasteiger partial charge in [-0.2, -0.15) is 0 Å². The van der Waals surface area contributed by atoms with Gasteiger partial charge in [-0.05, 0) is 21.0 Å². The molecule has 0 aromatic carbocycles. The summed E-state index contributed by atoms with van der Waals surface area (Å²) in [7, 11) is 4.09. The van der Waals surface area contributed by atoms with Gasteiger partial charge in [0.2, 0.25) is 0 Å². The van der Waals surface area contributed by atoms with E-state index in [1.165, 1.54) is 0 Å². The normalized spacial score (nSPS) is 10.9. The summed E-state index contributed by atoms with van der Waals surface area (Å²) >= 11 is 0. The Morgan fingerprint density at radius 3 is 2.86 bits per heavy atom. The minimum atomic E-state index is 0.821. The van der Waals surface area contributed by atoms with Crippen molar-refractivity contribution in [2.75, 3.05) is 20.6 Å². The first-order chi connectivity index (χ1) is 6.58. The molecular formula is C10H18N4. The van der Waals surface area contributed by atoms with Gasteiger partial charge < -0.3 is 4.90 Å². The Bertz CT molecular complexity index is 301. The highest BCUT2D eigenvalue weighted by Crippen LogP contribution is 2.01. The van der Waals surface area contributed by atoms with Crippen LogP contribution in [0.5, 0.6) is 0 Å². The molecule has 0 aliphatic heterocycles. The number of aromatic nitrogens is 3. The van der Waals surface area contributed by atoms with Crippen molar-refractivity contribution in [3.05, 3.63) is 24.0 Å². The fourth-order valence-electron chi connectivity index (χ4n) is 1.14. The molecule has 0 atom stereocenters. The Morgan fingerprint density at radius 2 is 2.29 bits per heavy atom. The van der Waals surface area contributed by atoms with Crippen molar-refractivity contribution in [1.82, 2.24) is 19.9 Å². The summed E-state index contributed by atoms with van der Waals surface area (Å²) in [5, 5.41) is 8.11. The van der Waals surface area contributed by atoms with Gasteiger partial charge in [-0.3, -0.25) is 4.68 Å². The van der Waals surface area contributed by atoms with Crippen LogP contribution in [-0.2, 0) is 13.0 Å². The van der Waals surface area contributed by atoms with E-state index >= 15 is 0 Å². The van der Waals surface area contributed by atoms with Gasteiger partial charge in [0.05, 0.1) is 12.2 Å². The maximum absolute atomic E-state index is 4.07. The van der Waals surface area contributed by atoms with E-state index in [2.05, 4.69) is 21.8 Å². The largest absolute Gasteiger partial charge is 0.308 e. The van der Waals surface area contributed by atoms with E-state index in [4.69, 9.17) is 0 Å². The average molecular weight is 194 g/mol. The summed E-state index contributed by atoms with van der Waals surface area (Å²) in [6.45, 7) is 7.71. The standard InChI is InChI=1S/C10H18N4/c1-9(2)7-10-8-14(12-11-10)6-5-13(3)4/h8H,1,5-7H2,2-4H3. The summed E-state index contributed by atoms with van der Waals surface area (Å²) in [6, 6.07) is 0. The lowest BCUT2D eigenvalue weighted by Gasteiger charge is -2.07. The molecule has 0 fully saturated rings. The van der Waals surface area contributed by atoms with E-state index in [1.54, 1.807) is 0 Å². The van der Waals surface area contributed by atoms with Crippen molar-refractivity contribution in [3.63, 3.8) is 0 Å². The summed E-state index contributed by atoms with van der Waals surface area (Å²) < 4.78 is 1.87. The van der Waals surface area contributed by atoms with Crippen molar-refractivity contribution in [2.24, 2.45) is 0 Å². The number of likely N-dealkylation sites (N-methyl/N-ethyl adjacent to an activating group) is 1. The van der Waals surface area contributed by atoms with Gasteiger partial charge >= 0.3 is 0 Å². The number of allylic oxidation sites excluding steroid dienone is 1. The molecule has 4 heteroatoms. The average Bonchev–Trinajstić information content (AvgIpc) is 2.47. The van der Waals surface area contributed by atoms with Crippen molar-refractivity contribution in [2.45, 2.75) is 19.9 Å². The molecule has 1 heterocycles. The maximum atomic E-state index is 4.07. The van der Waals surface area contributed by atoms with Crippen LogP contribution in [0.4, 0.5) is 0 Å². The van der Waals surface area contributed by atoms with Crippen LogP contribution in [-0.4, -0.2) is 40.5 Å². The fourth-order valence-corrected chi connectivity index (χ4v) is 1.14. The first-order valence-corrected chi connectivity index (χ1v) is 4.76. The molecule has 0 unspecified atom stereocenters. The van der Waals surface area contributed by atoms with Crippen LogP contribution in [0, 0.1) is 0 Å². The summed E-state index contributed by atoms with van der Waals surface area (Å²) in [5.41, 5.74) is 2.11. The Morgan fingerprint density at radius 1 is 1.57 bits per heavy atom. The highest BCUT2D eigenvalue weighted by atomic mass is 15.4. The van der Waals surface area contributed by atoms with E-state index in [0.29, 0.717) is 0 Å². The highest BCUT2D eigenvalue weighted by molar-refractivity contribution is 5.05. The Balaban J connectivity index is 2.46. The highest BCUT2D eigenvalue weighted by Gasteiger charge is 2.00. The van der Waals surface area contributed by atoms with Crippen molar-refractivity contribution < 1.29 is 0 Å². The predicted octanol–water partition coefficient (Wildman–Crippen LogP) is 0.958. The van der Waals surface area contributed by atoms with Crippen LogP contribution in [0.1, 0.15) is 12.6 Å². The second-order valence-corrected chi connectivity index (χ2v) is 3.91. The molecular weight excluding hydrogens is 176 g/mol. The summed E-state index contributed by atoms with van der Waals surface area (Å²) in [4.78, 5) is 2.13. The first-order valence-electron chi connectivity index (χ1n) is 4.76. The lowest BCUT2D eigenvalue weighted by molar-refractivity contribution is 0.370. The van der Waals surface area contributed by atoms with E-state index in [9.17, 15) is 0 Å². The molecule has 0 N–H and O–H groups in total. The summed E-state index contributed by atoms with van der Waals surface area (Å²) in [5.74, 6) is 0. The van der Waals surface area contributed by atoms with Crippen molar-refractivity contribution in [3.8, 4) is 0 Å². The molecule has 0 aliphatic rings. The van der Waals surface area contributed by atoms with Crippen molar-refractivity contribution in [1.29, 1.82) is 0 Å². The first kappa shape index (κ1) is 10.9. The molecule has 1 rings (SSSR count). The van der Waals surface area contributed by atoms with Crippen LogP contribution in [0.3, 0.4) is 0 Å². The SMILES string of the molecule is C=C(C)Cc1cn(CCN(C)C)nn1. The van der Waals surface area contributed by atoms with Crippen LogP contribution in [0.25, 0.3) is 0 Å². The second-order valence-electron chi connectivity index (χ2n) is 3.91. The third-order valence-corrected chi connectivity index (χ3v) is 1.85. The number of hydrogen-bond donors (Lipinski definition) is 0. The second kappa shape index (κ2) is 4.91. The van der Waals surface area contributed by atoms with E-state index in [1.807, 2.05) is 31.9 Å². The third-order valence-electron chi connectivity index (χ3n) is 1.85. The molecule has 0 aliphatic carbocycles. The minimum absolute atomic E-state index is 0.821. The molecule has 78 valence electrons. The monoisotopic (exact) mass is 194 g/mol. The molecule has 1 aromatic rings. The molecule has 0 amide bonds. The van der Waals surface area contributed by atoms with Gasteiger partial charge in [-0.15, -0.1) is 5.10 Å². The topological polar surface area (TPSA) is 34.0 Å². The van der Waals surface area contributed by atoms with Gasteiger partial charge in [0, 0.05) is 19.2 Å². The maximum Gasteiger partial charge on any atom is 0.0867 e. The van der Waals surface area contributed by atoms with Gasteiger partial charge in [-0.25, -0.2) is 0 Å². The Hall–Kier alpha value is -1.16. The zero-order valence-corrected chi connectivity index (χ0v) is 9.19. The summed E-state index contributed by atoms with van der Waals surface area (Å²) in [6.07, 6.45) is 2.81. The van der Waals surface area contributed by atoms with Gasteiger partial charge in [0.25, 0.3) is 0 Å². The lowest BCUT2D eigenvalue weighted by Crippen LogP contribution is -2.18. The van der Waals surface area contributed by atoms with Crippen LogP contribution in [0.2, 0.25) is 0 Å². The zero-order valence-electron chi connectivity index (χ0n) is 9.19. The number of hydrogen-bond acceptors (Lipinski definition) is 3. The van der Waals surface area contributed by atoms with Crippen LogP contribution >= 0.6 is 0 Å². The van der Waals surface area contributed by atoms with Crippen LogP contribution in [0.15, 0.2) is 18.3 Å². The molecule has 0 bridgehead atoms. The zero-order chi connectivity index (χ0) is 10.6. The molecule has 0 radical (unpaired) electrons. The Labute approximate surface area is 85.2 Å². The van der Waals surface area contributed by atoms with E-state index < -0.39 is 0 Å². The third kappa shape index (κ3) is 3.70. The number of rotatable bonds is 5. The minimum Gasteiger partial charge on any atom is -0.308 e. The predicted molar refractivity (Wildman–Crippen MR) is 57.1 cm³/mol. The molecule has 14 heavy (non-hydrogen) atoms. The molecule has 1 aromatic heterocycles. The quantitative estimate of drug-likeness (QED) is 0.655.